The second-order valence-corrected chi connectivity index (χ2v) is 9.61. The molecule has 1 fully saturated rings. The van der Waals surface area contributed by atoms with Crippen molar-refractivity contribution < 1.29 is 13.2 Å². The maximum Gasteiger partial charge on any atom is 0.252 e. The molecular formula is C14H24ClN3O3S2. The zero-order valence-electron chi connectivity index (χ0n) is 13.4. The van der Waals surface area contributed by atoms with Gasteiger partial charge in [0.2, 0.25) is 5.91 Å². The number of nitrogens with zero attached hydrogens (tertiary/aromatic N) is 1. The Labute approximate surface area is 147 Å². The Morgan fingerprint density at radius 3 is 2.52 bits per heavy atom. The fourth-order valence-electron chi connectivity index (χ4n) is 2.19. The standard InChI is InChI=1S/C14H23N3O3S2.ClH/c1-14(2,15)10-16-12(18)9-11-5-6-13(21-11)22(19,20)17-7-3-4-8-17;/h5-6H,3-4,7-10,15H2,1-2H3,(H,16,18);1H. The largest absolute Gasteiger partial charge is 0.354 e. The number of carbonyl (C=O) groups is 1. The molecule has 2 rings (SSSR count). The molecule has 1 aromatic rings. The molecule has 9 heteroatoms. The van der Waals surface area contributed by atoms with E-state index in [9.17, 15) is 13.2 Å². The molecular weight excluding hydrogens is 358 g/mol. The molecule has 2 heterocycles. The Hall–Kier alpha value is -0.670. The van der Waals surface area contributed by atoms with Gasteiger partial charge in [-0.1, -0.05) is 0 Å². The van der Waals surface area contributed by atoms with Crippen LogP contribution in [0.15, 0.2) is 16.3 Å². The van der Waals surface area contributed by atoms with E-state index in [4.69, 9.17) is 5.73 Å². The van der Waals surface area contributed by atoms with Crippen molar-refractivity contribution in [1.82, 2.24) is 9.62 Å². The van der Waals surface area contributed by atoms with Gasteiger partial charge in [-0.25, -0.2) is 8.42 Å². The smallest absolute Gasteiger partial charge is 0.252 e. The minimum atomic E-state index is -3.39. The lowest BCUT2D eigenvalue weighted by Gasteiger charge is -2.18. The van der Waals surface area contributed by atoms with Gasteiger partial charge >= 0.3 is 0 Å². The Morgan fingerprint density at radius 2 is 1.96 bits per heavy atom. The van der Waals surface area contributed by atoms with Gasteiger partial charge in [-0.15, -0.1) is 23.7 Å². The van der Waals surface area contributed by atoms with E-state index < -0.39 is 15.6 Å². The van der Waals surface area contributed by atoms with Gasteiger partial charge in [-0.2, -0.15) is 4.31 Å². The average Bonchev–Trinajstić information content (AvgIpc) is 3.07. The molecule has 23 heavy (non-hydrogen) atoms. The molecule has 0 bridgehead atoms. The lowest BCUT2D eigenvalue weighted by Crippen LogP contribution is -2.45. The molecule has 1 aromatic heterocycles. The predicted octanol–water partition coefficient (Wildman–Crippen LogP) is 1.35. The van der Waals surface area contributed by atoms with Crippen molar-refractivity contribution in [3.8, 4) is 0 Å². The topological polar surface area (TPSA) is 92.5 Å². The monoisotopic (exact) mass is 381 g/mol. The van der Waals surface area contributed by atoms with E-state index in [0.29, 0.717) is 23.8 Å². The number of sulfonamides is 1. The molecule has 132 valence electrons. The van der Waals surface area contributed by atoms with E-state index in [2.05, 4.69) is 5.32 Å². The summed E-state index contributed by atoms with van der Waals surface area (Å²) >= 11 is 1.17. The minimum absolute atomic E-state index is 0. The summed E-state index contributed by atoms with van der Waals surface area (Å²) in [7, 11) is -3.39. The van der Waals surface area contributed by atoms with Crippen molar-refractivity contribution in [2.24, 2.45) is 5.73 Å². The maximum atomic E-state index is 12.4. The number of hydrogen-bond acceptors (Lipinski definition) is 5. The van der Waals surface area contributed by atoms with E-state index in [1.807, 2.05) is 13.8 Å². The number of halogens is 1. The van der Waals surface area contributed by atoms with Crippen molar-refractivity contribution in [2.75, 3.05) is 19.6 Å². The average molecular weight is 382 g/mol. The first kappa shape index (κ1) is 20.4. The van der Waals surface area contributed by atoms with Crippen LogP contribution >= 0.6 is 23.7 Å². The first-order valence-corrected chi connectivity index (χ1v) is 9.58. The molecule has 1 aliphatic heterocycles. The fourth-order valence-corrected chi connectivity index (χ4v) is 5.22. The Balaban J connectivity index is 0.00000264. The quantitative estimate of drug-likeness (QED) is 0.777. The molecule has 0 radical (unpaired) electrons. The molecule has 0 saturated carbocycles. The van der Waals surface area contributed by atoms with Crippen LogP contribution in [0.25, 0.3) is 0 Å². The van der Waals surface area contributed by atoms with Gasteiger partial charge in [0.1, 0.15) is 4.21 Å². The van der Waals surface area contributed by atoms with Crippen LogP contribution in [-0.2, 0) is 21.2 Å². The highest BCUT2D eigenvalue weighted by Crippen LogP contribution is 2.27. The number of amides is 1. The van der Waals surface area contributed by atoms with Crippen LogP contribution in [0, 0.1) is 0 Å². The van der Waals surface area contributed by atoms with Crippen molar-refractivity contribution >= 4 is 39.7 Å². The van der Waals surface area contributed by atoms with E-state index in [1.165, 1.54) is 15.6 Å². The van der Waals surface area contributed by atoms with Gasteiger partial charge in [-0.05, 0) is 38.8 Å². The molecule has 0 spiro atoms. The predicted molar refractivity (Wildman–Crippen MR) is 94.5 cm³/mol. The SMILES string of the molecule is CC(C)(N)CNC(=O)Cc1ccc(S(=O)(=O)N2CCCC2)s1.Cl. The summed E-state index contributed by atoms with van der Waals surface area (Å²) in [5, 5.41) is 2.76. The van der Waals surface area contributed by atoms with Gasteiger partial charge in [-0.3, -0.25) is 4.79 Å². The van der Waals surface area contributed by atoms with Crippen LogP contribution in [0.5, 0.6) is 0 Å². The lowest BCUT2D eigenvalue weighted by atomic mass is 10.1. The van der Waals surface area contributed by atoms with Crippen LogP contribution in [0.3, 0.4) is 0 Å². The third kappa shape index (κ3) is 5.72. The van der Waals surface area contributed by atoms with Gasteiger partial charge in [0.05, 0.1) is 6.42 Å². The van der Waals surface area contributed by atoms with E-state index in [0.717, 1.165) is 17.7 Å². The van der Waals surface area contributed by atoms with E-state index in [-0.39, 0.29) is 24.7 Å². The van der Waals surface area contributed by atoms with E-state index in [1.54, 1.807) is 12.1 Å². The summed E-state index contributed by atoms with van der Waals surface area (Å²) in [6.07, 6.45) is 2.00. The van der Waals surface area contributed by atoms with Crippen LogP contribution in [0.2, 0.25) is 0 Å². The van der Waals surface area contributed by atoms with Crippen molar-refractivity contribution in [3.63, 3.8) is 0 Å². The van der Waals surface area contributed by atoms with Crippen LogP contribution in [0.1, 0.15) is 31.6 Å². The van der Waals surface area contributed by atoms with Crippen LogP contribution in [-0.4, -0.2) is 43.8 Å². The van der Waals surface area contributed by atoms with E-state index >= 15 is 0 Å². The Morgan fingerprint density at radius 1 is 1.35 bits per heavy atom. The van der Waals surface area contributed by atoms with Crippen LogP contribution < -0.4 is 11.1 Å². The van der Waals surface area contributed by atoms with Crippen LogP contribution in [0.4, 0.5) is 0 Å². The molecule has 3 N–H and O–H groups in total. The number of thiophene rings is 1. The molecule has 0 unspecified atom stereocenters. The summed E-state index contributed by atoms with van der Waals surface area (Å²) < 4.78 is 26.6. The second-order valence-electron chi connectivity index (χ2n) is 6.27. The zero-order valence-corrected chi connectivity index (χ0v) is 15.8. The molecule has 6 nitrogen and oxygen atoms in total. The highest BCUT2D eigenvalue weighted by molar-refractivity contribution is 7.91. The normalized spacial score (nSPS) is 16.1. The summed E-state index contributed by atoms with van der Waals surface area (Å²) in [5.41, 5.74) is 5.35. The zero-order chi connectivity index (χ0) is 16.4. The molecule has 0 aliphatic carbocycles. The Bertz CT molecular complexity index is 632. The molecule has 0 aromatic carbocycles. The first-order valence-electron chi connectivity index (χ1n) is 7.33. The van der Waals surface area contributed by atoms with Gasteiger partial charge < -0.3 is 11.1 Å². The maximum absolute atomic E-state index is 12.4. The third-order valence-corrected chi connectivity index (χ3v) is 6.82. The number of nitrogens with two attached hydrogens (primary N) is 1. The fraction of sp³-hybridized carbons (Fsp3) is 0.643. The molecule has 0 atom stereocenters. The number of hydrogen-bond donors (Lipinski definition) is 2. The number of rotatable bonds is 6. The highest BCUT2D eigenvalue weighted by Gasteiger charge is 2.28. The number of carbonyl (C=O) groups excluding carboxylic acids is 1. The summed E-state index contributed by atoms with van der Waals surface area (Å²) in [4.78, 5) is 12.6. The van der Waals surface area contributed by atoms with Crippen molar-refractivity contribution in [1.29, 1.82) is 0 Å². The number of nitrogens with one attached hydrogen (secondary N) is 1. The highest BCUT2D eigenvalue weighted by atomic mass is 35.5. The summed E-state index contributed by atoms with van der Waals surface area (Å²) in [5.74, 6) is -0.148. The summed E-state index contributed by atoms with van der Waals surface area (Å²) in [6.45, 7) is 5.22. The lowest BCUT2D eigenvalue weighted by molar-refractivity contribution is -0.120. The molecule has 1 amide bonds. The Kier molecular flexibility index (Phi) is 7.03. The third-order valence-electron chi connectivity index (χ3n) is 3.37. The minimum Gasteiger partial charge on any atom is -0.354 e. The first-order chi connectivity index (χ1) is 10.2. The van der Waals surface area contributed by atoms with Gasteiger partial charge in [0.25, 0.3) is 10.0 Å². The molecule has 1 saturated heterocycles. The van der Waals surface area contributed by atoms with Crippen molar-refractivity contribution in [3.05, 3.63) is 17.0 Å². The molecule has 1 aliphatic rings. The van der Waals surface area contributed by atoms with Gasteiger partial charge in [0, 0.05) is 30.1 Å². The van der Waals surface area contributed by atoms with Crippen molar-refractivity contribution in [2.45, 2.75) is 42.9 Å². The second kappa shape index (κ2) is 7.94. The van der Waals surface area contributed by atoms with Gasteiger partial charge in [0.15, 0.2) is 0 Å². The summed E-state index contributed by atoms with van der Waals surface area (Å²) in [6, 6.07) is 3.30.